The Labute approximate surface area is 124 Å². The van der Waals surface area contributed by atoms with E-state index in [1.807, 2.05) is 0 Å². The van der Waals surface area contributed by atoms with E-state index in [1.54, 1.807) is 30.3 Å². The Morgan fingerprint density at radius 2 is 1.65 bits per heavy atom. The Hall–Kier alpha value is -1.92. The number of aromatic carboxylic acids is 2. The summed E-state index contributed by atoms with van der Waals surface area (Å²) in [6.07, 6.45) is 0. The summed E-state index contributed by atoms with van der Waals surface area (Å²) >= 11 is 5.38. The largest absolute Gasteiger partial charge is 0.478 e. The summed E-state index contributed by atoms with van der Waals surface area (Å²) in [4.78, 5) is 23.8. The van der Waals surface area contributed by atoms with Gasteiger partial charge in [0.1, 0.15) is 0 Å². The van der Waals surface area contributed by atoms with Gasteiger partial charge in [-0.3, -0.25) is 0 Å². The van der Waals surface area contributed by atoms with E-state index in [0.29, 0.717) is 9.79 Å². The molecule has 2 N–H and O–H groups in total. The van der Waals surface area contributed by atoms with Gasteiger partial charge in [-0.05, 0) is 36.4 Å². The minimum atomic E-state index is -1.04. The predicted octanol–water partition coefficient (Wildman–Crippen LogP) is 3.52. The van der Waals surface area contributed by atoms with Gasteiger partial charge >= 0.3 is 11.9 Å². The van der Waals surface area contributed by atoms with E-state index in [2.05, 4.69) is 12.6 Å². The third-order valence-electron chi connectivity index (χ3n) is 2.52. The lowest BCUT2D eigenvalue weighted by Crippen LogP contribution is -1.98. The molecule has 0 saturated heterocycles. The summed E-state index contributed by atoms with van der Waals surface area (Å²) in [6.45, 7) is 0. The van der Waals surface area contributed by atoms with Crippen LogP contribution in [0.1, 0.15) is 20.7 Å². The monoisotopic (exact) mass is 306 g/mol. The van der Waals surface area contributed by atoms with Gasteiger partial charge in [-0.25, -0.2) is 9.59 Å². The molecule has 6 heteroatoms. The molecule has 2 aromatic rings. The van der Waals surface area contributed by atoms with Crippen LogP contribution < -0.4 is 0 Å². The molecule has 0 aromatic heterocycles. The van der Waals surface area contributed by atoms with Crippen molar-refractivity contribution in [3.8, 4) is 0 Å². The first kappa shape index (κ1) is 14.5. The van der Waals surface area contributed by atoms with Crippen LogP contribution in [0.3, 0.4) is 0 Å². The number of hydrogen-bond acceptors (Lipinski definition) is 4. The molecule has 2 rings (SSSR count). The second-order valence-electron chi connectivity index (χ2n) is 3.92. The Bertz CT molecular complexity index is 683. The Balaban J connectivity index is 2.30. The molecule has 4 nitrogen and oxygen atoms in total. The highest BCUT2D eigenvalue weighted by atomic mass is 32.2. The van der Waals surface area contributed by atoms with Crippen LogP contribution in [0.15, 0.2) is 57.2 Å². The van der Waals surface area contributed by atoms with Crippen molar-refractivity contribution in [2.45, 2.75) is 14.7 Å². The minimum Gasteiger partial charge on any atom is -0.478 e. The van der Waals surface area contributed by atoms with E-state index in [0.717, 1.165) is 4.90 Å². The zero-order chi connectivity index (χ0) is 14.7. The molecule has 0 spiro atoms. The third kappa shape index (κ3) is 3.34. The molecule has 20 heavy (non-hydrogen) atoms. The highest BCUT2D eigenvalue weighted by Crippen LogP contribution is 2.30. The van der Waals surface area contributed by atoms with Crippen molar-refractivity contribution in [2.75, 3.05) is 0 Å². The fourth-order valence-electron chi connectivity index (χ4n) is 1.58. The van der Waals surface area contributed by atoms with Crippen molar-refractivity contribution in [3.63, 3.8) is 0 Å². The summed E-state index contributed by atoms with van der Waals surface area (Å²) in [7, 11) is 0. The average molecular weight is 306 g/mol. The van der Waals surface area contributed by atoms with E-state index in [4.69, 9.17) is 10.2 Å². The Kier molecular flexibility index (Phi) is 4.36. The van der Waals surface area contributed by atoms with Crippen molar-refractivity contribution in [3.05, 3.63) is 53.6 Å². The van der Waals surface area contributed by atoms with E-state index < -0.39 is 11.9 Å². The van der Waals surface area contributed by atoms with Gasteiger partial charge in [0.2, 0.25) is 0 Å². The standard InChI is InChI=1S/C14H10O4S2/c15-13(16)8-2-1-3-9(6-8)20-10-4-5-12(19)11(7-10)14(17)18/h1-7,19H,(H,15,16)(H,17,18). The second kappa shape index (κ2) is 6.02. The van der Waals surface area contributed by atoms with E-state index in [-0.39, 0.29) is 11.1 Å². The molecular weight excluding hydrogens is 296 g/mol. The van der Waals surface area contributed by atoms with Crippen LogP contribution in [-0.2, 0) is 0 Å². The van der Waals surface area contributed by atoms with Crippen LogP contribution >= 0.6 is 24.4 Å². The van der Waals surface area contributed by atoms with Gasteiger partial charge in [-0.15, -0.1) is 12.6 Å². The van der Waals surface area contributed by atoms with Crippen LogP contribution in [-0.4, -0.2) is 22.2 Å². The lowest BCUT2D eigenvalue weighted by molar-refractivity contribution is 0.0684. The number of thiol groups is 1. The van der Waals surface area contributed by atoms with Crippen LogP contribution in [0.25, 0.3) is 0 Å². The normalized spacial score (nSPS) is 10.2. The van der Waals surface area contributed by atoms with Crippen LogP contribution in [0.5, 0.6) is 0 Å². The summed E-state index contributed by atoms with van der Waals surface area (Å²) in [5.74, 6) is -2.04. The molecule has 0 aliphatic heterocycles. The van der Waals surface area contributed by atoms with Crippen molar-refractivity contribution in [1.82, 2.24) is 0 Å². The summed E-state index contributed by atoms with van der Waals surface area (Å²) in [5.41, 5.74) is 0.312. The van der Waals surface area contributed by atoms with Gasteiger partial charge in [0.15, 0.2) is 0 Å². The number of hydrogen-bond donors (Lipinski definition) is 3. The molecule has 2 aromatic carbocycles. The molecule has 0 saturated carbocycles. The van der Waals surface area contributed by atoms with Crippen molar-refractivity contribution in [2.24, 2.45) is 0 Å². The average Bonchev–Trinajstić information content (AvgIpc) is 2.41. The molecule has 0 unspecified atom stereocenters. The first-order valence-corrected chi connectivity index (χ1v) is 6.81. The number of carbonyl (C=O) groups is 2. The first-order valence-electron chi connectivity index (χ1n) is 5.55. The van der Waals surface area contributed by atoms with Gasteiger partial charge in [0, 0.05) is 14.7 Å². The Morgan fingerprint density at radius 1 is 0.950 bits per heavy atom. The molecule has 0 bridgehead atoms. The molecule has 0 heterocycles. The maximum Gasteiger partial charge on any atom is 0.336 e. The fraction of sp³-hybridized carbons (Fsp3) is 0. The van der Waals surface area contributed by atoms with Crippen molar-refractivity contribution >= 4 is 36.3 Å². The molecular formula is C14H10O4S2. The summed E-state index contributed by atoms with van der Waals surface area (Å²) < 4.78 is 0. The predicted molar refractivity (Wildman–Crippen MR) is 78.2 cm³/mol. The smallest absolute Gasteiger partial charge is 0.336 e. The zero-order valence-corrected chi connectivity index (χ0v) is 11.8. The van der Waals surface area contributed by atoms with Gasteiger partial charge < -0.3 is 10.2 Å². The number of carboxylic acid groups (broad SMARTS) is 2. The van der Waals surface area contributed by atoms with Crippen LogP contribution in [0.2, 0.25) is 0 Å². The molecule has 0 amide bonds. The molecule has 102 valence electrons. The van der Waals surface area contributed by atoms with E-state index in [9.17, 15) is 9.59 Å². The maximum atomic E-state index is 11.0. The van der Waals surface area contributed by atoms with Gasteiger partial charge in [-0.1, -0.05) is 17.8 Å². The second-order valence-corrected chi connectivity index (χ2v) is 5.55. The highest BCUT2D eigenvalue weighted by Gasteiger charge is 2.10. The lowest BCUT2D eigenvalue weighted by atomic mass is 10.2. The molecule has 0 atom stereocenters. The lowest BCUT2D eigenvalue weighted by Gasteiger charge is -2.05. The SMILES string of the molecule is O=C(O)c1cccc(Sc2ccc(S)c(C(=O)O)c2)c1. The Morgan fingerprint density at radius 3 is 2.30 bits per heavy atom. The van der Waals surface area contributed by atoms with Gasteiger partial charge in [-0.2, -0.15) is 0 Å². The van der Waals surface area contributed by atoms with E-state index >= 15 is 0 Å². The first-order chi connectivity index (χ1) is 9.47. The molecule has 0 fully saturated rings. The third-order valence-corrected chi connectivity index (χ3v) is 3.88. The maximum absolute atomic E-state index is 11.0. The van der Waals surface area contributed by atoms with Crippen LogP contribution in [0.4, 0.5) is 0 Å². The van der Waals surface area contributed by atoms with Crippen molar-refractivity contribution in [1.29, 1.82) is 0 Å². The number of rotatable bonds is 4. The van der Waals surface area contributed by atoms with Gasteiger partial charge in [0.25, 0.3) is 0 Å². The zero-order valence-electron chi connectivity index (χ0n) is 10.1. The van der Waals surface area contributed by atoms with Gasteiger partial charge in [0.05, 0.1) is 11.1 Å². The van der Waals surface area contributed by atoms with Crippen molar-refractivity contribution < 1.29 is 19.8 Å². The number of benzene rings is 2. The molecule has 0 aliphatic carbocycles. The van der Waals surface area contributed by atoms with Crippen LogP contribution in [0, 0.1) is 0 Å². The molecule has 0 aliphatic rings. The quantitative estimate of drug-likeness (QED) is 0.754. The molecule has 0 radical (unpaired) electrons. The summed E-state index contributed by atoms with van der Waals surface area (Å²) in [6, 6.07) is 11.3. The number of carboxylic acids is 2. The highest BCUT2D eigenvalue weighted by molar-refractivity contribution is 7.99. The topological polar surface area (TPSA) is 74.6 Å². The minimum absolute atomic E-state index is 0.118. The summed E-state index contributed by atoms with van der Waals surface area (Å²) in [5, 5.41) is 18.0. The van der Waals surface area contributed by atoms with E-state index in [1.165, 1.54) is 23.9 Å². The fourth-order valence-corrected chi connectivity index (χ4v) is 2.73.